The van der Waals surface area contributed by atoms with Crippen LogP contribution in [0.15, 0.2) is 36.4 Å². The maximum absolute atomic E-state index is 10.3. The van der Waals surface area contributed by atoms with Crippen LogP contribution in [0.1, 0.15) is 25.0 Å². The second kappa shape index (κ2) is 6.87. The minimum atomic E-state index is 0.156. The number of hydrogen-bond acceptors (Lipinski definition) is 5. The van der Waals surface area contributed by atoms with Gasteiger partial charge in [0.1, 0.15) is 5.75 Å². The zero-order valence-corrected chi connectivity index (χ0v) is 15.7. The molecule has 6 heteroatoms. The van der Waals surface area contributed by atoms with Crippen molar-refractivity contribution in [2.45, 2.75) is 20.3 Å². The van der Waals surface area contributed by atoms with E-state index in [9.17, 15) is 5.11 Å². The largest absolute Gasteiger partial charge is 0.504 e. The number of anilines is 2. The van der Waals surface area contributed by atoms with Crippen LogP contribution in [-0.4, -0.2) is 28.1 Å². The van der Waals surface area contributed by atoms with Crippen molar-refractivity contribution in [3.05, 3.63) is 47.5 Å². The second-order valence-electron chi connectivity index (χ2n) is 6.47. The predicted molar refractivity (Wildman–Crippen MR) is 105 cm³/mol. The number of aromatic nitrogens is 2. The molecule has 0 spiro atoms. The summed E-state index contributed by atoms with van der Waals surface area (Å²) in [7, 11) is 1.92. The van der Waals surface area contributed by atoms with E-state index in [4.69, 9.17) is 9.47 Å². The lowest BCUT2D eigenvalue weighted by atomic mass is 10.1. The number of ether oxygens (including phenoxy) is 2. The highest BCUT2D eigenvalue weighted by Gasteiger charge is 2.28. The third-order valence-corrected chi connectivity index (χ3v) is 4.66. The normalized spacial score (nSPS) is 11.8. The number of nitrogens with one attached hydrogen (secondary N) is 1. The first-order valence-corrected chi connectivity index (χ1v) is 9.15. The van der Waals surface area contributed by atoms with Crippen LogP contribution < -0.4 is 14.8 Å². The summed E-state index contributed by atoms with van der Waals surface area (Å²) in [5, 5.41) is 18.3. The van der Waals surface area contributed by atoms with Crippen molar-refractivity contribution in [2.24, 2.45) is 7.05 Å². The Morgan fingerprint density at radius 3 is 2.74 bits per heavy atom. The Labute approximate surface area is 158 Å². The van der Waals surface area contributed by atoms with E-state index in [2.05, 4.69) is 10.4 Å². The fourth-order valence-electron chi connectivity index (χ4n) is 3.58. The van der Waals surface area contributed by atoms with Gasteiger partial charge in [-0.3, -0.25) is 4.68 Å². The number of rotatable bonds is 6. The quantitative estimate of drug-likeness (QED) is 0.535. The number of nitrogens with zero attached hydrogens (tertiary/aromatic N) is 2. The van der Waals surface area contributed by atoms with Crippen molar-refractivity contribution >= 4 is 11.5 Å². The molecule has 2 aromatic carbocycles. The van der Waals surface area contributed by atoms with Gasteiger partial charge in [0.15, 0.2) is 17.3 Å². The van der Waals surface area contributed by atoms with Gasteiger partial charge in [0.2, 0.25) is 0 Å². The molecule has 6 nitrogen and oxygen atoms in total. The van der Waals surface area contributed by atoms with Crippen molar-refractivity contribution in [2.75, 3.05) is 18.5 Å². The van der Waals surface area contributed by atoms with Crippen molar-refractivity contribution in [1.29, 1.82) is 0 Å². The van der Waals surface area contributed by atoms with Crippen molar-refractivity contribution in [3.8, 4) is 28.5 Å². The molecule has 0 bridgehead atoms. The summed E-state index contributed by atoms with van der Waals surface area (Å²) in [5.74, 6) is 2.32. The summed E-state index contributed by atoms with van der Waals surface area (Å²) in [4.78, 5) is 0. The lowest BCUT2D eigenvalue weighted by molar-refractivity contribution is 0.318. The van der Waals surface area contributed by atoms with Crippen LogP contribution in [0.3, 0.4) is 0 Å². The zero-order valence-electron chi connectivity index (χ0n) is 15.7. The third kappa shape index (κ3) is 3.07. The molecule has 0 amide bonds. The zero-order chi connectivity index (χ0) is 19.0. The minimum absolute atomic E-state index is 0.156. The first-order valence-electron chi connectivity index (χ1n) is 9.15. The Hall–Kier alpha value is -3.15. The van der Waals surface area contributed by atoms with E-state index in [-0.39, 0.29) is 5.75 Å². The first kappa shape index (κ1) is 17.3. The van der Waals surface area contributed by atoms with Crippen molar-refractivity contribution in [1.82, 2.24) is 9.78 Å². The van der Waals surface area contributed by atoms with Crippen LogP contribution in [0.25, 0.3) is 11.3 Å². The predicted octanol–water partition coefficient (Wildman–Crippen LogP) is 4.24. The SMILES string of the molecule is CCOc1cccc(Nc2nn(C)c3c2Cc2cc(OCC)c(O)cc2-3)c1. The molecule has 0 radical (unpaired) electrons. The standard InChI is InChI=1S/C21H23N3O3/c1-4-26-15-8-6-7-14(11-15)22-21-17-9-13-10-19(27-5-2)18(25)12-16(13)20(17)24(3)23-21/h6-8,10-12,25H,4-5,9H2,1-3H3,(H,22,23). The van der Waals surface area contributed by atoms with Crippen LogP contribution in [0.5, 0.6) is 17.2 Å². The van der Waals surface area contributed by atoms with Crippen LogP contribution in [0.2, 0.25) is 0 Å². The number of hydrogen-bond donors (Lipinski definition) is 2. The lowest BCUT2D eigenvalue weighted by Gasteiger charge is -2.10. The van der Waals surface area contributed by atoms with Gasteiger partial charge in [-0.15, -0.1) is 0 Å². The number of phenols is 1. The Morgan fingerprint density at radius 1 is 1.15 bits per heavy atom. The van der Waals surface area contributed by atoms with Gasteiger partial charge in [0.05, 0.1) is 18.9 Å². The summed E-state index contributed by atoms with van der Waals surface area (Å²) in [6.45, 7) is 5.02. The Balaban J connectivity index is 1.68. The van der Waals surface area contributed by atoms with Gasteiger partial charge in [-0.1, -0.05) is 6.07 Å². The molecule has 0 saturated carbocycles. The molecule has 2 N–H and O–H groups in total. The molecular weight excluding hydrogens is 342 g/mol. The average molecular weight is 365 g/mol. The molecule has 1 aliphatic carbocycles. The molecule has 1 aromatic heterocycles. The smallest absolute Gasteiger partial charge is 0.161 e. The Bertz CT molecular complexity index is 995. The van der Waals surface area contributed by atoms with Gasteiger partial charge in [-0.25, -0.2) is 0 Å². The lowest BCUT2D eigenvalue weighted by Crippen LogP contribution is -1.99. The molecule has 27 heavy (non-hydrogen) atoms. The topological polar surface area (TPSA) is 68.5 Å². The van der Waals surface area contributed by atoms with Gasteiger partial charge in [0, 0.05) is 36.3 Å². The van der Waals surface area contributed by atoms with E-state index in [1.807, 2.05) is 55.9 Å². The van der Waals surface area contributed by atoms with Crippen LogP contribution >= 0.6 is 0 Å². The van der Waals surface area contributed by atoms with Crippen LogP contribution in [0.4, 0.5) is 11.5 Å². The fraction of sp³-hybridized carbons (Fsp3) is 0.286. The van der Waals surface area contributed by atoms with Gasteiger partial charge in [-0.05, 0) is 43.7 Å². The van der Waals surface area contributed by atoms with E-state index in [0.717, 1.165) is 46.1 Å². The second-order valence-corrected chi connectivity index (χ2v) is 6.47. The van der Waals surface area contributed by atoms with E-state index in [0.29, 0.717) is 19.0 Å². The number of benzene rings is 2. The molecule has 4 rings (SSSR count). The van der Waals surface area contributed by atoms with E-state index in [1.54, 1.807) is 6.07 Å². The highest BCUT2D eigenvalue weighted by molar-refractivity contribution is 5.82. The number of aromatic hydroxyl groups is 1. The molecule has 0 fully saturated rings. The van der Waals surface area contributed by atoms with Crippen LogP contribution in [-0.2, 0) is 13.5 Å². The van der Waals surface area contributed by atoms with Gasteiger partial charge < -0.3 is 19.9 Å². The molecule has 0 unspecified atom stereocenters. The molecule has 1 heterocycles. The molecule has 0 atom stereocenters. The fourth-order valence-corrected chi connectivity index (χ4v) is 3.58. The first-order chi connectivity index (χ1) is 13.1. The number of phenolic OH excluding ortho intramolecular Hbond substituents is 1. The molecule has 140 valence electrons. The van der Waals surface area contributed by atoms with Crippen molar-refractivity contribution < 1.29 is 14.6 Å². The molecule has 0 aliphatic heterocycles. The number of aryl methyl sites for hydroxylation is 1. The number of fused-ring (bicyclic) bond motifs is 3. The molecular formula is C21H23N3O3. The average Bonchev–Trinajstić information content (AvgIpc) is 3.14. The van der Waals surface area contributed by atoms with Gasteiger partial charge >= 0.3 is 0 Å². The highest BCUT2D eigenvalue weighted by Crippen LogP contribution is 2.45. The minimum Gasteiger partial charge on any atom is -0.504 e. The third-order valence-electron chi connectivity index (χ3n) is 4.66. The highest BCUT2D eigenvalue weighted by atomic mass is 16.5. The maximum Gasteiger partial charge on any atom is 0.161 e. The summed E-state index contributed by atoms with van der Waals surface area (Å²) in [6.07, 6.45) is 0.742. The Morgan fingerprint density at radius 2 is 1.96 bits per heavy atom. The maximum atomic E-state index is 10.3. The summed E-state index contributed by atoms with van der Waals surface area (Å²) in [5.41, 5.74) is 5.19. The van der Waals surface area contributed by atoms with Crippen LogP contribution in [0, 0.1) is 0 Å². The molecule has 1 aliphatic rings. The molecule has 3 aromatic rings. The van der Waals surface area contributed by atoms with Gasteiger partial charge in [0.25, 0.3) is 0 Å². The van der Waals surface area contributed by atoms with E-state index >= 15 is 0 Å². The van der Waals surface area contributed by atoms with Crippen molar-refractivity contribution in [3.63, 3.8) is 0 Å². The Kier molecular flexibility index (Phi) is 4.39. The molecule has 0 saturated heterocycles. The monoisotopic (exact) mass is 365 g/mol. The van der Waals surface area contributed by atoms with Gasteiger partial charge in [-0.2, -0.15) is 5.10 Å². The summed E-state index contributed by atoms with van der Waals surface area (Å²) in [6, 6.07) is 11.5. The summed E-state index contributed by atoms with van der Waals surface area (Å²) >= 11 is 0. The summed E-state index contributed by atoms with van der Waals surface area (Å²) < 4.78 is 13.0. The van der Waals surface area contributed by atoms with E-state index in [1.165, 1.54) is 0 Å². The van der Waals surface area contributed by atoms with E-state index < -0.39 is 0 Å².